The van der Waals surface area contributed by atoms with Crippen LogP contribution in [0.15, 0.2) is 30.5 Å². The van der Waals surface area contributed by atoms with Gasteiger partial charge >= 0.3 is 5.97 Å². The first kappa shape index (κ1) is 17.5. The average molecular weight is 331 g/mol. The molecule has 0 saturated carbocycles. The summed E-state index contributed by atoms with van der Waals surface area (Å²) in [4.78, 5) is 22.8. The fourth-order valence-electron chi connectivity index (χ4n) is 2.29. The van der Waals surface area contributed by atoms with Crippen molar-refractivity contribution in [2.45, 2.75) is 20.3 Å². The van der Waals surface area contributed by atoms with Gasteiger partial charge in [-0.15, -0.1) is 0 Å². The molecule has 7 nitrogen and oxygen atoms in total. The molecule has 0 bridgehead atoms. The fourth-order valence-corrected chi connectivity index (χ4v) is 2.29. The first-order valence-electron chi connectivity index (χ1n) is 7.61. The minimum absolute atomic E-state index is 0.00914. The van der Waals surface area contributed by atoms with E-state index < -0.39 is 5.97 Å². The van der Waals surface area contributed by atoms with Crippen molar-refractivity contribution in [1.82, 2.24) is 15.1 Å². The number of rotatable bonds is 7. The molecule has 24 heavy (non-hydrogen) atoms. The molecule has 0 radical (unpaired) electrons. The van der Waals surface area contributed by atoms with Gasteiger partial charge in [-0.2, -0.15) is 5.10 Å². The molecule has 0 fully saturated rings. The van der Waals surface area contributed by atoms with Crippen LogP contribution in [0.5, 0.6) is 5.75 Å². The lowest BCUT2D eigenvalue weighted by molar-refractivity contribution is -0.137. The van der Waals surface area contributed by atoms with Gasteiger partial charge < -0.3 is 15.2 Å². The standard InChI is InChI=1S/C17H21N3O4/c1-11-4-5-15(24-3)14(8-11)20-7-6-13(19-20)17(23)18-10-12(2)9-16(21)22/h4-8,12H,9-10H2,1-3H3,(H,18,23)(H,21,22). The van der Waals surface area contributed by atoms with Gasteiger partial charge in [0.25, 0.3) is 5.91 Å². The molecule has 1 atom stereocenters. The number of benzene rings is 1. The average Bonchev–Trinajstić information content (AvgIpc) is 3.01. The van der Waals surface area contributed by atoms with E-state index in [9.17, 15) is 9.59 Å². The van der Waals surface area contributed by atoms with Crippen molar-refractivity contribution in [3.05, 3.63) is 41.7 Å². The Labute approximate surface area is 140 Å². The highest BCUT2D eigenvalue weighted by Gasteiger charge is 2.14. The summed E-state index contributed by atoms with van der Waals surface area (Å²) in [5, 5.41) is 15.7. The van der Waals surface area contributed by atoms with Crippen molar-refractivity contribution >= 4 is 11.9 Å². The van der Waals surface area contributed by atoms with Crippen molar-refractivity contribution in [3.8, 4) is 11.4 Å². The molecule has 128 valence electrons. The summed E-state index contributed by atoms with van der Waals surface area (Å²) in [6.45, 7) is 4.01. The molecule has 1 amide bonds. The Morgan fingerprint density at radius 1 is 1.38 bits per heavy atom. The molecule has 1 aromatic carbocycles. The molecular formula is C17H21N3O4. The Morgan fingerprint density at radius 3 is 2.79 bits per heavy atom. The predicted molar refractivity (Wildman–Crippen MR) is 88.6 cm³/mol. The topological polar surface area (TPSA) is 93.5 Å². The van der Waals surface area contributed by atoms with Crippen LogP contribution in [-0.2, 0) is 4.79 Å². The molecule has 0 spiro atoms. The lowest BCUT2D eigenvalue weighted by Gasteiger charge is -2.10. The molecule has 0 aliphatic rings. The molecule has 2 N–H and O–H groups in total. The van der Waals surface area contributed by atoms with Crippen molar-refractivity contribution in [2.24, 2.45) is 5.92 Å². The van der Waals surface area contributed by atoms with Gasteiger partial charge in [0.1, 0.15) is 11.4 Å². The first-order valence-corrected chi connectivity index (χ1v) is 7.61. The highest BCUT2D eigenvalue weighted by molar-refractivity contribution is 5.92. The van der Waals surface area contributed by atoms with Crippen LogP contribution in [0.25, 0.3) is 5.69 Å². The molecule has 7 heteroatoms. The van der Waals surface area contributed by atoms with E-state index in [0.29, 0.717) is 5.75 Å². The van der Waals surface area contributed by atoms with Gasteiger partial charge in [0.05, 0.1) is 7.11 Å². The summed E-state index contributed by atoms with van der Waals surface area (Å²) in [5.74, 6) is -0.707. The number of carboxylic acids is 1. The predicted octanol–water partition coefficient (Wildman–Crippen LogP) is 2.03. The van der Waals surface area contributed by atoms with Crippen LogP contribution in [0.4, 0.5) is 0 Å². The molecule has 0 aliphatic heterocycles. The Balaban J connectivity index is 2.09. The number of nitrogens with zero attached hydrogens (tertiary/aromatic N) is 2. The van der Waals surface area contributed by atoms with Gasteiger partial charge in [-0.05, 0) is 36.6 Å². The second-order valence-electron chi connectivity index (χ2n) is 5.73. The second kappa shape index (κ2) is 7.63. The van der Waals surface area contributed by atoms with Gasteiger partial charge in [-0.25, -0.2) is 4.68 Å². The zero-order valence-electron chi connectivity index (χ0n) is 13.9. The molecule has 1 heterocycles. The van der Waals surface area contributed by atoms with E-state index in [2.05, 4.69) is 10.4 Å². The highest BCUT2D eigenvalue weighted by atomic mass is 16.5. The summed E-state index contributed by atoms with van der Waals surface area (Å²) < 4.78 is 6.91. The van der Waals surface area contributed by atoms with Gasteiger partial charge in [-0.3, -0.25) is 9.59 Å². The number of carbonyl (C=O) groups excluding carboxylic acids is 1. The Morgan fingerprint density at radius 2 is 2.12 bits per heavy atom. The van der Waals surface area contributed by atoms with E-state index in [1.807, 2.05) is 25.1 Å². The monoisotopic (exact) mass is 331 g/mol. The molecule has 1 unspecified atom stereocenters. The van der Waals surface area contributed by atoms with Crippen molar-refractivity contribution in [1.29, 1.82) is 0 Å². The van der Waals surface area contributed by atoms with E-state index in [1.54, 1.807) is 31.0 Å². The SMILES string of the molecule is COc1ccc(C)cc1-n1ccc(C(=O)NCC(C)CC(=O)O)n1. The van der Waals surface area contributed by atoms with E-state index in [4.69, 9.17) is 9.84 Å². The Kier molecular flexibility index (Phi) is 5.57. The summed E-state index contributed by atoms with van der Waals surface area (Å²) in [5.41, 5.74) is 2.06. The summed E-state index contributed by atoms with van der Waals surface area (Å²) in [7, 11) is 1.58. The van der Waals surface area contributed by atoms with Gasteiger partial charge in [-0.1, -0.05) is 13.0 Å². The third-order valence-electron chi connectivity index (χ3n) is 3.54. The van der Waals surface area contributed by atoms with Gasteiger partial charge in [0, 0.05) is 19.2 Å². The van der Waals surface area contributed by atoms with Gasteiger partial charge in [0.15, 0.2) is 5.69 Å². The van der Waals surface area contributed by atoms with Crippen LogP contribution in [0.2, 0.25) is 0 Å². The molecule has 0 saturated heterocycles. The van der Waals surface area contributed by atoms with Crippen LogP contribution in [0.1, 0.15) is 29.4 Å². The number of methoxy groups -OCH3 is 1. The highest BCUT2D eigenvalue weighted by Crippen LogP contribution is 2.23. The molecule has 1 aromatic heterocycles. The minimum atomic E-state index is -0.882. The van der Waals surface area contributed by atoms with Crippen LogP contribution < -0.4 is 10.1 Å². The van der Waals surface area contributed by atoms with E-state index in [-0.39, 0.29) is 30.5 Å². The van der Waals surface area contributed by atoms with Crippen LogP contribution in [0, 0.1) is 12.8 Å². The maximum Gasteiger partial charge on any atom is 0.303 e. The number of aromatic nitrogens is 2. The third kappa shape index (κ3) is 4.34. The number of ether oxygens (including phenoxy) is 1. The quantitative estimate of drug-likeness (QED) is 0.810. The zero-order chi connectivity index (χ0) is 17.7. The maximum absolute atomic E-state index is 12.1. The number of amides is 1. The van der Waals surface area contributed by atoms with Crippen LogP contribution in [-0.4, -0.2) is 40.4 Å². The molecule has 2 aromatic rings. The second-order valence-corrected chi connectivity index (χ2v) is 5.73. The fraction of sp³-hybridized carbons (Fsp3) is 0.353. The normalized spacial score (nSPS) is 11.8. The lowest BCUT2D eigenvalue weighted by atomic mass is 10.1. The third-order valence-corrected chi connectivity index (χ3v) is 3.54. The number of hydrogen-bond donors (Lipinski definition) is 2. The summed E-state index contributed by atoms with van der Waals surface area (Å²) in [6, 6.07) is 7.31. The largest absolute Gasteiger partial charge is 0.494 e. The number of aliphatic carboxylic acids is 1. The van der Waals surface area contributed by atoms with Crippen LogP contribution >= 0.6 is 0 Å². The van der Waals surface area contributed by atoms with E-state index in [0.717, 1.165) is 11.3 Å². The number of nitrogens with one attached hydrogen (secondary N) is 1. The Bertz CT molecular complexity index is 739. The first-order chi connectivity index (χ1) is 11.4. The van der Waals surface area contributed by atoms with Crippen molar-refractivity contribution in [3.63, 3.8) is 0 Å². The van der Waals surface area contributed by atoms with Crippen molar-refractivity contribution < 1.29 is 19.4 Å². The summed E-state index contributed by atoms with van der Waals surface area (Å²) >= 11 is 0. The lowest BCUT2D eigenvalue weighted by Crippen LogP contribution is -2.29. The molecule has 2 rings (SSSR count). The number of carboxylic acid groups (broad SMARTS) is 1. The van der Waals surface area contributed by atoms with E-state index >= 15 is 0 Å². The maximum atomic E-state index is 12.1. The molecule has 0 aliphatic carbocycles. The molecular weight excluding hydrogens is 310 g/mol. The minimum Gasteiger partial charge on any atom is -0.494 e. The number of hydrogen-bond acceptors (Lipinski definition) is 4. The number of aryl methyl sites for hydroxylation is 1. The van der Waals surface area contributed by atoms with E-state index in [1.165, 1.54) is 0 Å². The number of carbonyl (C=O) groups is 2. The van der Waals surface area contributed by atoms with Gasteiger partial charge in [0.2, 0.25) is 0 Å². The zero-order valence-corrected chi connectivity index (χ0v) is 13.9. The summed E-state index contributed by atoms with van der Waals surface area (Å²) in [6.07, 6.45) is 1.70. The smallest absolute Gasteiger partial charge is 0.303 e. The van der Waals surface area contributed by atoms with Crippen molar-refractivity contribution in [2.75, 3.05) is 13.7 Å². The Hall–Kier alpha value is -2.83. The van der Waals surface area contributed by atoms with Crippen LogP contribution in [0.3, 0.4) is 0 Å².